The molecule has 1 N–H and O–H groups in total. The largest absolute Gasteiger partial charge is 0.307 e. The van der Waals surface area contributed by atoms with Gasteiger partial charge in [-0.25, -0.2) is 0 Å². The molecule has 0 saturated carbocycles. The van der Waals surface area contributed by atoms with Crippen LogP contribution in [-0.4, -0.2) is 4.98 Å². The maximum Gasteiger partial charge on any atom is 0.0587 e. The molecule has 0 spiro atoms. The summed E-state index contributed by atoms with van der Waals surface area (Å²) in [6.07, 6.45) is 1.90. The summed E-state index contributed by atoms with van der Waals surface area (Å²) >= 11 is 0. The minimum absolute atomic E-state index is 0.909. The Morgan fingerprint density at radius 1 is 1.58 bits per heavy atom. The molecule has 0 fully saturated rings. The lowest BCUT2D eigenvalue weighted by molar-refractivity contribution is 0.757. The van der Waals surface area contributed by atoms with E-state index in [-0.39, 0.29) is 0 Å². The van der Waals surface area contributed by atoms with Crippen LogP contribution in [0.4, 0.5) is 0 Å². The molecule has 1 aromatic heterocycles. The molecule has 0 bridgehead atoms. The molecule has 2 rings (SSSR count). The van der Waals surface area contributed by atoms with Crippen LogP contribution in [0.2, 0.25) is 0 Å². The van der Waals surface area contributed by atoms with Crippen LogP contribution in [-0.2, 0) is 13.1 Å². The van der Waals surface area contributed by atoms with Crippen LogP contribution >= 0.6 is 0 Å². The van der Waals surface area contributed by atoms with Gasteiger partial charge in [0, 0.05) is 19.3 Å². The van der Waals surface area contributed by atoms with Crippen molar-refractivity contribution in [3.63, 3.8) is 0 Å². The molecule has 1 aromatic rings. The normalized spacial score (nSPS) is 14.4. The van der Waals surface area contributed by atoms with Crippen molar-refractivity contribution in [3.8, 4) is 0 Å². The smallest absolute Gasteiger partial charge is 0.0587 e. The van der Waals surface area contributed by atoms with Crippen molar-refractivity contribution >= 4 is 5.57 Å². The minimum Gasteiger partial charge on any atom is -0.307 e. The average Bonchev–Trinajstić information content (AvgIpc) is 2.49. The van der Waals surface area contributed by atoms with Gasteiger partial charge in [0.05, 0.1) is 5.69 Å². The number of pyridine rings is 1. The molecule has 0 aromatic carbocycles. The highest BCUT2D eigenvalue weighted by atomic mass is 14.9. The molecule has 62 valence electrons. The lowest BCUT2D eigenvalue weighted by atomic mass is 10.1. The van der Waals surface area contributed by atoms with Crippen molar-refractivity contribution in [1.29, 1.82) is 0 Å². The number of nitrogens with zero attached hydrogens (tertiary/aromatic N) is 1. The average molecular weight is 160 g/mol. The fraction of sp³-hybridized carbons (Fsp3) is 0.300. The molecule has 2 heterocycles. The Hall–Kier alpha value is -1.15. The highest BCUT2D eigenvalue weighted by Crippen LogP contribution is 2.17. The first kappa shape index (κ1) is 7.50. The van der Waals surface area contributed by atoms with E-state index in [4.69, 9.17) is 0 Å². The minimum atomic E-state index is 0.909. The van der Waals surface area contributed by atoms with E-state index in [1.165, 1.54) is 11.3 Å². The number of allylic oxidation sites excluding steroid dienone is 1. The molecule has 0 aliphatic carbocycles. The van der Waals surface area contributed by atoms with Crippen LogP contribution < -0.4 is 5.32 Å². The Kier molecular flexibility index (Phi) is 1.70. The molecule has 2 heteroatoms. The third kappa shape index (κ3) is 1.14. The Morgan fingerprint density at radius 2 is 2.42 bits per heavy atom. The lowest BCUT2D eigenvalue weighted by Gasteiger charge is -2.01. The van der Waals surface area contributed by atoms with E-state index in [0.717, 1.165) is 24.2 Å². The van der Waals surface area contributed by atoms with Crippen LogP contribution in [0.3, 0.4) is 0 Å². The summed E-state index contributed by atoms with van der Waals surface area (Å²) in [5.41, 5.74) is 4.73. The summed E-state index contributed by atoms with van der Waals surface area (Å²) in [6, 6.07) is 2.17. The van der Waals surface area contributed by atoms with Gasteiger partial charge in [-0.15, -0.1) is 0 Å². The van der Waals surface area contributed by atoms with Crippen molar-refractivity contribution in [2.45, 2.75) is 20.0 Å². The number of fused-ring (bicyclic) bond motifs is 1. The van der Waals surface area contributed by atoms with Crippen LogP contribution in [0.25, 0.3) is 5.57 Å². The van der Waals surface area contributed by atoms with Crippen LogP contribution in [0.1, 0.15) is 23.7 Å². The van der Waals surface area contributed by atoms with Crippen LogP contribution in [0, 0.1) is 0 Å². The Balaban J connectivity index is 2.45. The molecule has 1 aliphatic heterocycles. The van der Waals surface area contributed by atoms with Gasteiger partial charge in [0.2, 0.25) is 0 Å². The SMILES string of the molecule is C=C(C)c1cnc2c(c1)CNC2. The molecule has 0 atom stereocenters. The standard InChI is InChI=1S/C10H12N2/c1-7(2)8-3-9-4-11-6-10(9)12-5-8/h3,5,11H,1,4,6H2,2H3. The van der Waals surface area contributed by atoms with E-state index in [9.17, 15) is 0 Å². The number of hydrogen-bond acceptors (Lipinski definition) is 2. The summed E-state index contributed by atoms with van der Waals surface area (Å²) in [5, 5.41) is 3.26. The maximum absolute atomic E-state index is 4.36. The Bertz CT molecular complexity index is 329. The van der Waals surface area contributed by atoms with Gasteiger partial charge in [0.25, 0.3) is 0 Å². The first-order valence-electron chi connectivity index (χ1n) is 4.12. The molecule has 0 amide bonds. The number of hydrogen-bond donors (Lipinski definition) is 1. The van der Waals surface area contributed by atoms with E-state index in [2.05, 4.69) is 22.9 Å². The highest BCUT2D eigenvalue weighted by Gasteiger charge is 2.11. The number of nitrogens with one attached hydrogen (secondary N) is 1. The molecule has 0 saturated heterocycles. The van der Waals surface area contributed by atoms with E-state index < -0.39 is 0 Å². The second-order valence-electron chi connectivity index (χ2n) is 3.21. The van der Waals surface area contributed by atoms with E-state index >= 15 is 0 Å². The molecule has 1 aliphatic rings. The first-order valence-corrected chi connectivity index (χ1v) is 4.12. The van der Waals surface area contributed by atoms with Gasteiger partial charge >= 0.3 is 0 Å². The van der Waals surface area contributed by atoms with Gasteiger partial charge in [-0.05, 0) is 29.7 Å². The van der Waals surface area contributed by atoms with E-state index in [1.807, 2.05) is 13.1 Å². The van der Waals surface area contributed by atoms with Gasteiger partial charge in [-0.1, -0.05) is 6.58 Å². The molecular formula is C10H12N2. The van der Waals surface area contributed by atoms with Crippen LogP contribution in [0.15, 0.2) is 18.8 Å². The maximum atomic E-state index is 4.36. The second-order valence-corrected chi connectivity index (χ2v) is 3.21. The summed E-state index contributed by atoms with van der Waals surface area (Å²) in [7, 11) is 0. The van der Waals surface area contributed by atoms with E-state index in [1.54, 1.807) is 0 Å². The zero-order valence-electron chi connectivity index (χ0n) is 7.22. The number of rotatable bonds is 1. The highest BCUT2D eigenvalue weighted by molar-refractivity contribution is 5.61. The van der Waals surface area contributed by atoms with Crippen molar-refractivity contribution < 1.29 is 0 Å². The van der Waals surface area contributed by atoms with Gasteiger partial charge in [-0.3, -0.25) is 4.98 Å². The molecule has 12 heavy (non-hydrogen) atoms. The van der Waals surface area contributed by atoms with E-state index in [0.29, 0.717) is 0 Å². The summed E-state index contributed by atoms with van der Waals surface area (Å²) in [6.45, 7) is 7.75. The quantitative estimate of drug-likeness (QED) is 0.676. The summed E-state index contributed by atoms with van der Waals surface area (Å²) in [5.74, 6) is 0. The molecule has 2 nitrogen and oxygen atoms in total. The zero-order chi connectivity index (χ0) is 8.55. The van der Waals surface area contributed by atoms with Crippen molar-refractivity contribution in [3.05, 3.63) is 35.7 Å². The Morgan fingerprint density at radius 3 is 3.17 bits per heavy atom. The van der Waals surface area contributed by atoms with Crippen molar-refractivity contribution in [1.82, 2.24) is 10.3 Å². The van der Waals surface area contributed by atoms with Gasteiger partial charge in [0.15, 0.2) is 0 Å². The molecule has 0 unspecified atom stereocenters. The predicted octanol–water partition coefficient (Wildman–Crippen LogP) is 1.72. The molecular weight excluding hydrogens is 148 g/mol. The topological polar surface area (TPSA) is 24.9 Å². The van der Waals surface area contributed by atoms with Crippen LogP contribution in [0.5, 0.6) is 0 Å². The van der Waals surface area contributed by atoms with Gasteiger partial charge in [-0.2, -0.15) is 0 Å². The Labute approximate surface area is 72.3 Å². The predicted molar refractivity (Wildman–Crippen MR) is 49.5 cm³/mol. The lowest BCUT2D eigenvalue weighted by Crippen LogP contribution is -2.00. The fourth-order valence-corrected chi connectivity index (χ4v) is 1.40. The fourth-order valence-electron chi connectivity index (χ4n) is 1.40. The van der Waals surface area contributed by atoms with Gasteiger partial charge < -0.3 is 5.32 Å². The third-order valence-electron chi connectivity index (χ3n) is 2.16. The summed E-state index contributed by atoms with van der Waals surface area (Å²) < 4.78 is 0. The third-order valence-corrected chi connectivity index (χ3v) is 2.16. The summed E-state index contributed by atoms with van der Waals surface area (Å²) in [4.78, 5) is 4.36. The van der Waals surface area contributed by atoms with Crippen molar-refractivity contribution in [2.75, 3.05) is 0 Å². The number of aromatic nitrogens is 1. The second kappa shape index (κ2) is 2.72. The van der Waals surface area contributed by atoms with Gasteiger partial charge in [0.1, 0.15) is 0 Å². The van der Waals surface area contributed by atoms with Crippen molar-refractivity contribution in [2.24, 2.45) is 0 Å². The monoisotopic (exact) mass is 160 g/mol. The molecule has 0 radical (unpaired) electrons. The zero-order valence-corrected chi connectivity index (χ0v) is 7.22. The first-order chi connectivity index (χ1) is 5.77.